The minimum absolute atomic E-state index is 0.154. The molecule has 0 spiro atoms. The van der Waals surface area contributed by atoms with E-state index in [0.717, 1.165) is 28.2 Å². The van der Waals surface area contributed by atoms with Crippen molar-refractivity contribution in [3.05, 3.63) is 150 Å². The van der Waals surface area contributed by atoms with Gasteiger partial charge in [-0.15, -0.1) is 0 Å². The number of hydrogen-bond acceptors (Lipinski definition) is 5. The maximum absolute atomic E-state index is 14.2. The van der Waals surface area contributed by atoms with Gasteiger partial charge in [-0.2, -0.15) is 0 Å². The van der Waals surface area contributed by atoms with Gasteiger partial charge in [0.2, 0.25) is 0 Å². The average Bonchev–Trinajstić information content (AvgIpc) is 3.47. The van der Waals surface area contributed by atoms with Crippen molar-refractivity contribution < 1.29 is 13.9 Å². The topological polar surface area (TPSA) is 65.6 Å². The van der Waals surface area contributed by atoms with Crippen LogP contribution >= 0.6 is 11.3 Å². The number of halogens is 1. The first-order chi connectivity index (χ1) is 20.8. The number of aromatic nitrogens is 2. The van der Waals surface area contributed by atoms with Crippen LogP contribution < -0.4 is 14.9 Å². The molecule has 2 aromatic heterocycles. The monoisotopic (exact) mass is 591 g/mol. The number of carbonyl (C=O) groups excluding carboxylic acids is 1. The van der Waals surface area contributed by atoms with Gasteiger partial charge in [-0.05, 0) is 75.2 Å². The molecule has 0 bridgehead atoms. The molecule has 0 amide bonds. The predicted octanol–water partition coefficient (Wildman–Crippen LogP) is 5.79. The highest BCUT2D eigenvalue weighted by Crippen LogP contribution is 2.35. The highest BCUT2D eigenvalue weighted by Gasteiger charge is 2.35. The van der Waals surface area contributed by atoms with Crippen LogP contribution in [-0.4, -0.2) is 21.7 Å². The van der Waals surface area contributed by atoms with Crippen molar-refractivity contribution in [1.29, 1.82) is 0 Å². The first-order valence-corrected chi connectivity index (χ1v) is 14.9. The molecule has 0 radical (unpaired) electrons. The number of fused-ring (bicyclic) bond motifs is 1. The highest BCUT2D eigenvalue weighted by molar-refractivity contribution is 7.07. The lowest BCUT2D eigenvalue weighted by Crippen LogP contribution is -2.40. The van der Waals surface area contributed by atoms with Crippen LogP contribution in [0.3, 0.4) is 0 Å². The van der Waals surface area contributed by atoms with Crippen molar-refractivity contribution in [2.75, 3.05) is 6.61 Å². The number of nitrogens with zero attached hydrogens (tertiary/aromatic N) is 3. The van der Waals surface area contributed by atoms with Crippen LogP contribution in [0.15, 0.2) is 100 Å². The van der Waals surface area contributed by atoms with E-state index >= 15 is 0 Å². The number of benzene rings is 3. The van der Waals surface area contributed by atoms with Gasteiger partial charge in [0.15, 0.2) is 4.80 Å². The lowest BCUT2D eigenvalue weighted by Gasteiger charge is -2.25. The number of thiazole rings is 1. The van der Waals surface area contributed by atoms with Gasteiger partial charge < -0.3 is 9.30 Å². The maximum Gasteiger partial charge on any atom is 0.338 e. The minimum atomic E-state index is -0.853. The lowest BCUT2D eigenvalue weighted by atomic mass is 9.93. The van der Waals surface area contributed by atoms with Crippen LogP contribution in [0.5, 0.6) is 0 Å². The van der Waals surface area contributed by atoms with Crippen LogP contribution in [0.2, 0.25) is 0 Å². The molecule has 43 heavy (non-hydrogen) atoms. The van der Waals surface area contributed by atoms with E-state index < -0.39 is 17.8 Å². The zero-order valence-corrected chi connectivity index (χ0v) is 25.1. The average molecular weight is 592 g/mol. The van der Waals surface area contributed by atoms with Crippen LogP contribution in [0.1, 0.15) is 46.6 Å². The number of aryl methyl sites for hydroxylation is 2. The van der Waals surface area contributed by atoms with Crippen molar-refractivity contribution >= 4 is 29.1 Å². The summed E-state index contributed by atoms with van der Waals surface area (Å²) in [5.74, 6) is -0.986. The smallest absolute Gasteiger partial charge is 0.338 e. The van der Waals surface area contributed by atoms with E-state index in [0.29, 0.717) is 20.6 Å². The Labute approximate surface area is 252 Å². The molecule has 0 fully saturated rings. The summed E-state index contributed by atoms with van der Waals surface area (Å²) in [5.41, 5.74) is 6.86. The molecular weight excluding hydrogens is 561 g/mol. The fourth-order valence-corrected chi connectivity index (χ4v) is 6.56. The molecule has 216 valence electrons. The Kier molecular flexibility index (Phi) is 7.54. The van der Waals surface area contributed by atoms with E-state index in [1.54, 1.807) is 19.1 Å². The molecule has 0 aliphatic carbocycles. The first kappa shape index (κ1) is 28.3. The molecular formula is C35H30FN3O3S. The zero-order valence-electron chi connectivity index (χ0n) is 24.3. The molecule has 5 aromatic rings. The summed E-state index contributed by atoms with van der Waals surface area (Å²) < 4.78 is 23.7. The fraction of sp³-hybridized carbons (Fsp3) is 0.171. The van der Waals surface area contributed by atoms with Crippen LogP contribution in [0.25, 0.3) is 17.5 Å². The van der Waals surface area contributed by atoms with E-state index in [9.17, 15) is 14.0 Å². The van der Waals surface area contributed by atoms with Gasteiger partial charge in [0.25, 0.3) is 5.56 Å². The number of rotatable bonds is 6. The van der Waals surface area contributed by atoms with Crippen molar-refractivity contribution in [1.82, 2.24) is 9.13 Å². The molecule has 0 saturated heterocycles. The normalized spacial score (nSPS) is 14.9. The summed E-state index contributed by atoms with van der Waals surface area (Å²) in [7, 11) is 0. The van der Waals surface area contributed by atoms with Crippen molar-refractivity contribution in [3.63, 3.8) is 0 Å². The minimum Gasteiger partial charge on any atom is -0.463 e. The number of esters is 1. The van der Waals surface area contributed by atoms with Crippen molar-refractivity contribution in [3.8, 4) is 5.69 Å². The predicted molar refractivity (Wildman–Crippen MR) is 167 cm³/mol. The summed E-state index contributed by atoms with van der Waals surface area (Å²) in [4.78, 5) is 33.1. The fourth-order valence-electron chi connectivity index (χ4n) is 5.57. The van der Waals surface area contributed by atoms with Gasteiger partial charge >= 0.3 is 5.97 Å². The summed E-state index contributed by atoms with van der Waals surface area (Å²) in [5, 5.41) is 0. The molecule has 8 heteroatoms. The second kappa shape index (κ2) is 11.5. The maximum atomic E-state index is 14.2. The van der Waals surface area contributed by atoms with Gasteiger partial charge in [0.05, 0.1) is 28.5 Å². The number of carbonyl (C=O) groups is 1. The molecule has 6 nitrogen and oxygen atoms in total. The summed E-state index contributed by atoms with van der Waals surface area (Å²) >= 11 is 1.26. The summed E-state index contributed by atoms with van der Waals surface area (Å²) in [6.45, 7) is 8.01. The summed E-state index contributed by atoms with van der Waals surface area (Å²) in [6, 6.07) is 24.7. The largest absolute Gasteiger partial charge is 0.463 e. The van der Waals surface area contributed by atoms with Crippen LogP contribution in [0.4, 0.5) is 4.39 Å². The van der Waals surface area contributed by atoms with Gasteiger partial charge in [0, 0.05) is 22.6 Å². The molecule has 0 N–H and O–H groups in total. The Balaban J connectivity index is 1.59. The highest BCUT2D eigenvalue weighted by atomic mass is 32.1. The number of ether oxygens (including phenoxy) is 1. The Morgan fingerprint density at radius 2 is 1.70 bits per heavy atom. The lowest BCUT2D eigenvalue weighted by molar-refractivity contribution is -0.138. The molecule has 3 heterocycles. The van der Waals surface area contributed by atoms with E-state index in [1.165, 1.54) is 33.6 Å². The molecule has 6 rings (SSSR count). The summed E-state index contributed by atoms with van der Waals surface area (Å²) in [6.07, 6.45) is 1.88. The number of hydrogen-bond donors (Lipinski definition) is 0. The SMILES string of the molecule is CCOC(=O)C1=C(c2ccccc2)N=c2s/c(=C\c3cc(C)n(-c4ccc(C)cc4)c3C)c(=O)n2[C@H]1c1ccc(F)cc1. The van der Waals surface area contributed by atoms with E-state index in [4.69, 9.17) is 9.73 Å². The molecule has 0 saturated carbocycles. The third-order valence-electron chi connectivity index (χ3n) is 7.61. The zero-order chi connectivity index (χ0) is 30.2. The van der Waals surface area contributed by atoms with Gasteiger partial charge in [-0.25, -0.2) is 14.2 Å². The Bertz CT molecular complexity index is 2050. The van der Waals surface area contributed by atoms with Crippen LogP contribution in [-0.2, 0) is 9.53 Å². The third kappa shape index (κ3) is 5.19. The third-order valence-corrected chi connectivity index (χ3v) is 8.59. The second-order valence-electron chi connectivity index (χ2n) is 10.5. The van der Waals surface area contributed by atoms with Gasteiger partial charge in [0.1, 0.15) is 5.82 Å². The van der Waals surface area contributed by atoms with E-state index in [1.807, 2.05) is 50.3 Å². The van der Waals surface area contributed by atoms with Gasteiger partial charge in [-0.1, -0.05) is 71.5 Å². The first-order valence-electron chi connectivity index (χ1n) is 14.1. The van der Waals surface area contributed by atoms with Crippen LogP contribution in [0, 0.1) is 26.6 Å². The van der Waals surface area contributed by atoms with Gasteiger partial charge in [-0.3, -0.25) is 9.36 Å². The van der Waals surface area contributed by atoms with Crippen molar-refractivity contribution in [2.45, 2.75) is 33.7 Å². The molecule has 0 unspecified atom stereocenters. The molecule has 1 aliphatic rings. The Morgan fingerprint density at radius 1 is 1.00 bits per heavy atom. The standard InChI is InChI=1S/C35H30FN3O3S/c1-5-42-34(41)30-31(24-9-7-6-8-10-24)37-35-39(32(30)25-13-15-27(36)16-14-25)33(40)29(43-35)20-26-19-22(3)38(23(26)4)28-17-11-21(2)12-18-28/h6-20,32H,5H2,1-4H3/b29-20-/t32-/m0/s1. The van der Waals surface area contributed by atoms with E-state index in [2.05, 4.69) is 41.8 Å². The quantitative estimate of drug-likeness (QED) is 0.235. The Hall–Kier alpha value is -4.82. The Morgan fingerprint density at radius 3 is 2.37 bits per heavy atom. The van der Waals surface area contributed by atoms with Crippen molar-refractivity contribution in [2.24, 2.45) is 4.99 Å². The molecule has 1 aliphatic heterocycles. The molecule has 3 aromatic carbocycles. The molecule has 1 atom stereocenters. The second-order valence-corrected chi connectivity index (χ2v) is 11.5. The van der Waals surface area contributed by atoms with E-state index in [-0.39, 0.29) is 17.7 Å².